The molecule has 2 unspecified atom stereocenters. The Labute approximate surface area is 115 Å². The average Bonchev–Trinajstić information content (AvgIpc) is 2.89. The van der Waals surface area contributed by atoms with E-state index in [1.54, 1.807) is 7.11 Å². The molecule has 19 heavy (non-hydrogen) atoms. The van der Waals surface area contributed by atoms with Crippen molar-refractivity contribution in [1.29, 1.82) is 0 Å². The van der Waals surface area contributed by atoms with Crippen LogP contribution in [0.5, 0.6) is 0 Å². The van der Waals surface area contributed by atoms with Crippen molar-refractivity contribution in [2.75, 3.05) is 20.3 Å². The van der Waals surface area contributed by atoms with E-state index in [9.17, 15) is 0 Å². The fourth-order valence-electron chi connectivity index (χ4n) is 2.83. The second kappa shape index (κ2) is 7.60. The Morgan fingerprint density at radius 3 is 3.00 bits per heavy atom. The molecule has 0 saturated heterocycles. The number of nitrogens with one attached hydrogen (secondary N) is 1. The Morgan fingerprint density at radius 1 is 1.37 bits per heavy atom. The van der Waals surface area contributed by atoms with E-state index in [4.69, 9.17) is 9.26 Å². The van der Waals surface area contributed by atoms with E-state index in [2.05, 4.69) is 22.4 Å². The van der Waals surface area contributed by atoms with Crippen LogP contribution in [-0.4, -0.2) is 36.4 Å². The second-order valence-electron chi connectivity index (χ2n) is 5.20. The van der Waals surface area contributed by atoms with Gasteiger partial charge in [-0.25, -0.2) is 0 Å². The van der Waals surface area contributed by atoms with Crippen molar-refractivity contribution >= 4 is 0 Å². The number of likely N-dealkylation sites (N-methyl/N-ethyl adjacent to an activating group) is 1. The normalized spacial score (nSPS) is 23.7. The van der Waals surface area contributed by atoms with Gasteiger partial charge in [-0.2, -0.15) is 4.98 Å². The van der Waals surface area contributed by atoms with Gasteiger partial charge >= 0.3 is 0 Å². The summed E-state index contributed by atoms with van der Waals surface area (Å²) in [5, 5.41) is 7.64. The molecule has 2 atom stereocenters. The lowest BCUT2D eigenvalue weighted by molar-refractivity contribution is 0.194. The van der Waals surface area contributed by atoms with Gasteiger partial charge in [0.05, 0.1) is 5.92 Å². The van der Waals surface area contributed by atoms with Crippen molar-refractivity contribution in [2.45, 2.75) is 57.4 Å². The Bertz CT molecular complexity index is 365. The minimum Gasteiger partial charge on any atom is -0.385 e. The molecule has 1 saturated carbocycles. The summed E-state index contributed by atoms with van der Waals surface area (Å²) in [6.45, 7) is 3.89. The van der Waals surface area contributed by atoms with E-state index in [1.807, 2.05) is 0 Å². The highest BCUT2D eigenvalue weighted by molar-refractivity contribution is 5.01. The van der Waals surface area contributed by atoms with E-state index in [-0.39, 0.29) is 0 Å². The third-order valence-corrected chi connectivity index (χ3v) is 3.78. The minimum atomic E-state index is 0.386. The smallest absolute Gasteiger partial charge is 0.231 e. The van der Waals surface area contributed by atoms with Crippen molar-refractivity contribution in [2.24, 2.45) is 0 Å². The Hall–Kier alpha value is -0.940. The first-order chi connectivity index (χ1) is 9.35. The van der Waals surface area contributed by atoms with Gasteiger partial charge in [0.2, 0.25) is 5.89 Å². The maximum absolute atomic E-state index is 5.47. The number of ether oxygens (including phenoxy) is 1. The maximum Gasteiger partial charge on any atom is 0.231 e. The summed E-state index contributed by atoms with van der Waals surface area (Å²) >= 11 is 0. The molecule has 0 spiro atoms. The van der Waals surface area contributed by atoms with E-state index in [0.29, 0.717) is 12.0 Å². The number of rotatable bonds is 7. The predicted octanol–water partition coefficient (Wildman–Crippen LogP) is 2.28. The third kappa shape index (κ3) is 4.01. The van der Waals surface area contributed by atoms with Crippen molar-refractivity contribution in [3.8, 4) is 0 Å². The summed E-state index contributed by atoms with van der Waals surface area (Å²) in [5.74, 6) is 2.02. The molecule has 1 heterocycles. The number of hydrogen-bond acceptors (Lipinski definition) is 5. The third-order valence-electron chi connectivity index (χ3n) is 3.78. The first-order valence-electron chi connectivity index (χ1n) is 7.40. The molecule has 1 aliphatic rings. The largest absolute Gasteiger partial charge is 0.385 e. The highest BCUT2D eigenvalue weighted by atomic mass is 16.5. The lowest BCUT2D eigenvalue weighted by Crippen LogP contribution is -2.37. The Morgan fingerprint density at radius 2 is 2.21 bits per heavy atom. The van der Waals surface area contributed by atoms with Crippen LogP contribution in [-0.2, 0) is 11.2 Å². The Kier molecular flexibility index (Phi) is 5.79. The SMILES string of the molecule is CCNC1CCCCC1c1nc(CCCOC)no1. The van der Waals surface area contributed by atoms with Crippen LogP contribution in [0, 0.1) is 0 Å². The molecule has 1 N–H and O–H groups in total. The van der Waals surface area contributed by atoms with Crippen LogP contribution in [0.25, 0.3) is 0 Å². The van der Waals surface area contributed by atoms with E-state index >= 15 is 0 Å². The fraction of sp³-hybridized carbons (Fsp3) is 0.857. The van der Waals surface area contributed by atoms with Gasteiger partial charge in [-0.1, -0.05) is 24.9 Å². The maximum atomic E-state index is 5.47. The van der Waals surface area contributed by atoms with Crippen LogP contribution in [0.3, 0.4) is 0 Å². The van der Waals surface area contributed by atoms with Crippen LogP contribution in [0.2, 0.25) is 0 Å². The summed E-state index contributed by atoms with van der Waals surface area (Å²) in [4.78, 5) is 4.56. The standard InChI is InChI=1S/C14H25N3O2/c1-3-15-12-8-5-4-7-11(12)14-16-13(17-19-14)9-6-10-18-2/h11-12,15H,3-10H2,1-2H3. The highest BCUT2D eigenvalue weighted by Gasteiger charge is 2.30. The zero-order valence-corrected chi connectivity index (χ0v) is 12.0. The predicted molar refractivity (Wildman–Crippen MR) is 73.2 cm³/mol. The van der Waals surface area contributed by atoms with Crippen LogP contribution in [0.4, 0.5) is 0 Å². The quantitative estimate of drug-likeness (QED) is 0.768. The molecule has 1 aliphatic carbocycles. The minimum absolute atomic E-state index is 0.386. The topological polar surface area (TPSA) is 60.2 Å². The molecule has 5 heteroatoms. The van der Waals surface area contributed by atoms with E-state index in [1.165, 1.54) is 19.3 Å². The first kappa shape index (κ1) is 14.5. The van der Waals surface area contributed by atoms with Gasteiger partial charge in [-0.3, -0.25) is 0 Å². The van der Waals surface area contributed by atoms with Gasteiger partial charge in [0.15, 0.2) is 5.82 Å². The lowest BCUT2D eigenvalue weighted by Gasteiger charge is -2.29. The fourth-order valence-corrected chi connectivity index (χ4v) is 2.83. The molecule has 1 aromatic rings. The zero-order chi connectivity index (χ0) is 13.5. The van der Waals surface area contributed by atoms with Gasteiger partial charge in [0.1, 0.15) is 0 Å². The van der Waals surface area contributed by atoms with Gasteiger partial charge in [0.25, 0.3) is 0 Å². The molecular formula is C14H25N3O2. The molecule has 0 aromatic carbocycles. The van der Waals surface area contributed by atoms with Gasteiger partial charge in [0, 0.05) is 26.2 Å². The van der Waals surface area contributed by atoms with Crippen molar-refractivity contribution in [1.82, 2.24) is 15.5 Å². The van der Waals surface area contributed by atoms with Gasteiger partial charge in [-0.05, 0) is 25.8 Å². The van der Waals surface area contributed by atoms with Crippen molar-refractivity contribution < 1.29 is 9.26 Å². The van der Waals surface area contributed by atoms with Crippen LogP contribution < -0.4 is 5.32 Å². The monoisotopic (exact) mass is 267 g/mol. The van der Waals surface area contributed by atoms with E-state index < -0.39 is 0 Å². The second-order valence-corrected chi connectivity index (χ2v) is 5.20. The number of aryl methyl sites for hydroxylation is 1. The first-order valence-corrected chi connectivity index (χ1v) is 7.40. The molecule has 108 valence electrons. The Balaban J connectivity index is 1.95. The molecule has 1 fully saturated rings. The van der Waals surface area contributed by atoms with E-state index in [0.717, 1.165) is 44.1 Å². The van der Waals surface area contributed by atoms with Crippen molar-refractivity contribution in [3.05, 3.63) is 11.7 Å². The number of aromatic nitrogens is 2. The summed E-state index contributed by atoms with van der Waals surface area (Å²) in [5.41, 5.74) is 0. The molecule has 2 rings (SSSR count). The zero-order valence-electron chi connectivity index (χ0n) is 12.0. The van der Waals surface area contributed by atoms with Crippen molar-refractivity contribution in [3.63, 3.8) is 0 Å². The molecule has 0 radical (unpaired) electrons. The van der Waals surface area contributed by atoms with Crippen LogP contribution in [0.15, 0.2) is 4.52 Å². The molecule has 0 bridgehead atoms. The van der Waals surface area contributed by atoms with Crippen LogP contribution in [0.1, 0.15) is 56.7 Å². The summed E-state index contributed by atoms with van der Waals surface area (Å²) < 4.78 is 10.5. The van der Waals surface area contributed by atoms with Crippen LogP contribution >= 0.6 is 0 Å². The summed E-state index contributed by atoms with van der Waals surface area (Å²) in [6, 6.07) is 0.492. The number of hydrogen-bond donors (Lipinski definition) is 1. The highest BCUT2D eigenvalue weighted by Crippen LogP contribution is 2.32. The van der Waals surface area contributed by atoms with Gasteiger partial charge < -0.3 is 14.6 Å². The number of nitrogens with zero attached hydrogens (tertiary/aromatic N) is 2. The summed E-state index contributed by atoms with van der Waals surface area (Å²) in [6.07, 6.45) is 6.68. The molecule has 0 aliphatic heterocycles. The molecule has 1 aromatic heterocycles. The number of methoxy groups -OCH3 is 1. The van der Waals surface area contributed by atoms with Gasteiger partial charge in [-0.15, -0.1) is 0 Å². The molecular weight excluding hydrogens is 242 g/mol. The molecule has 0 amide bonds. The average molecular weight is 267 g/mol. The molecule has 5 nitrogen and oxygen atoms in total. The summed E-state index contributed by atoms with van der Waals surface area (Å²) in [7, 11) is 1.71. The lowest BCUT2D eigenvalue weighted by atomic mass is 9.84.